The number of nitrogens with one attached hydrogen (secondary N) is 2. The molecule has 2 amide bonds. The van der Waals surface area contributed by atoms with Gasteiger partial charge in [-0.2, -0.15) is 0 Å². The predicted molar refractivity (Wildman–Crippen MR) is 63.7 cm³/mol. The van der Waals surface area contributed by atoms with Crippen molar-refractivity contribution in [3.05, 3.63) is 18.2 Å². The van der Waals surface area contributed by atoms with E-state index in [4.69, 9.17) is 11.5 Å². The highest BCUT2D eigenvalue weighted by Gasteiger charge is 2.22. The number of hydrogen-bond acceptors (Lipinski definition) is 3. The Bertz CT molecular complexity index is 449. The molecule has 7 heteroatoms. The molecule has 18 heavy (non-hydrogen) atoms. The van der Waals surface area contributed by atoms with Gasteiger partial charge >= 0.3 is 12.0 Å². The first kappa shape index (κ1) is 13.6. The molecule has 1 unspecified atom stereocenters. The molecular weight excluding hydrogens is 236 g/mol. The van der Waals surface area contributed by atoms with E-state index in [2.05, 4.69) is 21.2 Å². The monoisotopic (exact) mass is 250 g/mol. The van der Waals surface area contributed by atoms with Crippen LogP contribution in [0.1, 0.15) is 5.69 Å². The Kier molecular flexibility index (Phi) is 4.75. The van der Waals surface area contributed by atoms with E-state index in [0.717, 1.165) is 0 Å². The molecule has 96 valence electrons. The van der Waals surface area contributed by atoms with Crippen molar-refractivity contribution in [3.8, 4) is 12.3 Å². The Morgan fingerprint density at radius 3 is 2.94 bits per heavy atom. The lowest BCUT2D eigenvalue weighted by atomic mass is 10.1. The number of carboxylic acid groups (broad SMARTS) is 1. The van der Waals surface area contributed by atoms with Gasteiger partial charge in [-0.05, 0) is 0 Å². The molecule has 7 nitrogen and oxygen atoms in total. The number of H-pyrrole nitrogens is 1. The van der Waals surface area contributed by atoms with Gasteiger partial charge in [-0.15, -0.1) is 6.42 Å². The lowest BCUT2D eigenvalue weighted by Crippen LogP contribution is -2.47. The first-order chi connectivity index (χ1) is 8.54. The summed E-state index contributed by atoms with van der Waals surface area (Å²) in [5, 5.41) is 11.4. The van der Waals surface area contributed by atoms with Crippen molar-refractivity contribution in [2.24, 2.45) is 0 Å². The second-order valence-electron chi connectivity index (χ2n) is 3.68. The number of aromatic amines is 1. The quantitative estimate of drug-likeness (QED) is 0.624. The fourth-order valence-electron chi connectivity index (χ4n) is 1.28. The summed E-state index contributed by atoms with van der Waals surface area (Å²) in [5.74, 6) is 1.18. The number of terminal acetylenes is 1. The maximum absolute atomic E-state index is 11.6. The summed E-state index contributed by atoms with van der Waals surface area (Å²) in [6.45, 7) is 0.113. The van der Waals surface area contributed by atoms with Crippen LogP contribution in [0.3, 0.4) is 0 Å². The summed E-state index contributed by atoms with van der Waals surface area (Å²) in [6.07, 6.45) is 8.15. The Morgan fingerprint density at radius 2 is 2.44 bits per heavy atom. The Morgan fingerprint density at radius 1 is 1.72 bits per heavy atom. The lowest BCUT2D eigenvalue weighted by Gasteiger charge is -2.19. The van der Waals surface area contributed by atoms with Gasteiger partial charge in [-0.25, -0.2) is 14.6 Å². The van der Waals surface area contributed by atoms with Crippen LogP contribution in [0, 0.1) is 12.3 Å². The number of hydrogen-bond donors (Lipinski definition) is 3. The number of carbonyl (C=O) groups is 2. The molecule has 0 spiro atoms. The highest BCUT2D eigenvalue weighted by molar-refractivity contribution is 5.82. The second kappa shape index (κ2) is 6.30. The average Bonchev–Trinajstić information content (AvgIpc) is 2.81. The molecule has 1 aromatic rings. The predicted octanol–water partition coefficient (Wildman–Crippen LogP) is -0.320. The van der Waals surface area contributed by atoms with E-state index in [0.29, 0.717) is 5.69 Å². The number of rotatable bonds is 5. The summed E-state index contributed by atoms with van der Waals surface area (Å²) in [7, 11) is 1.49. The SMILES string of the molecule is C#CCN(C)C(=O)NC(Cc1cnc[nH]1)C(=O)O. The lowest BCUT2D eigenvalue weighted by molar-refractivity contribution is -0.139. The van der Waals surface area contributed by atoms with Crippen LogP contribution in [0.2, 0.25) is 0 Å². The minimum Gasteiger partial charge on any atom is -0.480 e. The second-order valence-corrected chi connectivity index (χ2v) is 3.68. The van der Waals surface area contributed by atoms with E-state index >= 15 is 0 Å². The zero-order chi connectivity index (χ0) is 13.5. The molecule has 0 saturated carbocycles. The first-order valence-corrected chi connectivity index (χ1v) is 5.19. The third-order valence-electron chi connectivity index (χ3n) is 2.25. The molecule has 0 aliphatic heterocycles. The van der Waals surface area contributed by atoms with Gasteiger partial charge in [-0.3, -0.25) is 0 Å². The van der Waals surface area contributed by atoms with Gasteiger partial charge in [0.05, 0.1) is 12.9 Å². The first-order valence-electron chi connectivity index (χ1n) is 5.19. The Labute approximate surface area is 104 Å². The number of imidazole rings is 1. The summed E-state index contributed by atoms with van der Waals surface area (Å²) < 4.78 is 0. The number of urea groups is 1. The highest BCUT2D eigenvalue weighted by Crippen LogP contribution is 1.99. The van der Waals surface area contributed by atoms with E-state index in [1.54, 1.807) is 0 Å². The van der Waals surface area contributed by atoms with Gasteiger partial charge < -0.3 is 20.3 Å². The number of amides is 2. The Balaban J connectivity index is 2.61. The molecule has 0 radical (unpaired) electrons. The minimum atomic E-state index is -1.12. The largest absolute Gasteiger partial charge is 0.480 e. The molecule has 0 saturated heterocycles. The topological polar surface area (TPSA) is 98.3 Å². The number of carboxylic acids is 1. The number of nitrogens with zero attached hydrogens (tertiary/aromatic N) is 2. The molecule has 0 bridgehead atoms. The van der Waals surface area contributed by atoms with E-state index in [1.165, 1.54) is 24.5 Å². The van der Waals surface area contributed by atoms with Crippen LogP contribution in [0.5, 0.6) is 0 Å². The molecule has 1 rings (SSSR count). The van der Waals surface area contributed by atoms with Crippen molar-refractivity contribution < 1.29 is 14.7 Å². The van der Waals surface area contributed by atoms with Gasteiger partial charge in [0.2, 0.25) is 0 Å². The fourth-order valence-corrected chi connectivity index (χ4v) is 1.28. The van der Waals surface area contributed by atoms with Crippen LogP contribution in [0.4, 0.5) is 4.79 Å². The maximum Gasteiger partial charge on any atom is 0.326 e. The van der Waals surface area contributed by atoms with Crippen LogP contribution < -0.4 is 5.32 Å². The fraction of sp³-hybridized carbons (Fsp3) is 0.364. The molecule has 0 aliphatic carbocycles. The van der Waals surface area contributed by atoms with Crippen molar-refractivity contribution in [2.75, 3.05) is 13.6 Å². The Hall–Kier alpha value is -2.49. The summed E-state index contributed by atoms with van der Waals surface area (Å²) >= 11 is 0. The molecule has 3 N–H and O–H groups in total. The van der Waals surface area contributed by atoms with E-state index in [1.807, 2.05) is 0 Å². The molecule has 0 aliphatic rings. The van der Waals surface area contributed by atoms with Gasteiger partial charge in [0, 0.05) is 25.4 Å². The van der Waals surface area contributed by atoms with E-state index < -0.39 is 18.0 Å². The van der Waals surface area contributed by atoms with Gasteiger partial charge in [0.15, 0.2) is 0 Å². The van der Waals surface area contributed by atoms with Crippen molar-refractivity contribution >= 4 is 12.0 Å². The van der Waals surface area contributed by atoms with Crippen molar-refractivity contribution in [2.45, 2.75) is 12.5 Å². The van der Waals surface area contributed by atoms with Crippen LogP contribution in [0.15, 0.2) is 12.5 Å². The zero-order valence-electron chi connectivity index (χ0n) is 9.88. The third kappa shape index (κ3) is 3.83. The summed E-state index contributed by atoms with van der Waals surface area (Å²) in [4.78, 5) is 30.4. The van der Waals surface area contributed by atoms with Crippen LogP contribution in [-0.2, 0) is 11.2 Å². The van der Waals surface area contributed by atoms with E-state index in [9.17, 15) is 9.59 Å². The molecule has 1 aromatic heterocycles. The normalized spacial score (nSPS) is 11.3. The molecule has 1 heterocycles. The number of aliphatic carboxylic acids is 1. The standard InChI is InChI=1S/C11H14N4O3/c1-3-4-15(2)11(18)14-9(10(16)17)5-8-6-12-7-13-8/h1,6-7,9H,4-5H2,2H3,(H,12,13)(H,14,18)(H,16,17). The minimum absolute atomic E-state index is 0.113. The number of aromatic nitrogens is 2. The van der Waals surface area contributed by atoms with Gasteiger partial charge in [0.1, 0.15) is 6.04 Å². The number of carbonyl (C=O) groups excluding carboxylic acids is 1. The van der Waals surface area contributed by atoms with Gasteiger partial charge in [-0.1, -0.05) is 5.92 Å². The third-order valence-corrected chi connectivity index (χ3v) is 2.25. The smallest absolute Gasteiger partial charge is 0.326 e. The van der Waals surface area contributed by atoms with Crippen LogP contribution in [-0.4, -0.2) is 51.6 Å². The van der Waals surface area contributed by atoms with Crippen molar-refractivity contribution in [1.82, 2.24) is 20.2 Å². The zero-order valence-corrected chi connectivity index (χ0v) is 9.88. The summed E-state index contributed by atoms with van der Waals surface area (Å²) in [6, 6.07) is -1.56. The average molecular weight is 250 g/mol. The highest BCUT2D eigenvalue weighted by atomic mass is 16.4. The van der Waals surface area contributed by atoms with E-state index in [-0.39, 0.29) is 13.0 Å². The van der Waals surface area contributed by atoms with Gasteiger partial charge in [0.25, 0.3) is 0 Å². The molecule has 0 fully saturated rings. The van der Waals surface area contributed by atoms with Crippen LogP contribution in [0.25, 0.3) is 0 Å². The van der Waals surface area contributed by atoms with Crippen LogP contribution >= 0.6 is 0 Å². The summed E-state index contributed by atoms with van der Waals surface area (Å²) in [5.41, 5.74) is 0.627. The van der Waals surface area contributed by atoms with Crippen molar-refractivity contribution in [1.29, 1.82) is 0 Å². The van der Waals surface area contributed by atoms with Crippen molar-refractivity contribution in [3.63, 3.8) is 0 Å². The maximum atomic E-state index is 11.6. The molecule has 1 atom stereocenters. The molecule has 0 aromatic carbocycles. The molecular formula is C11H14N4O3.